The average Bonchev–Trinajstić information content (AvgIpc) is 3.22. The molecule has 3 aromatic rings. The highest BCUT2D eigenvalue weighted by molar-refractivity contribution is 5.96. The summed E-state index contributed by atoms with van der Waals surface area (Å²) >= 11 is 0. The summed E-state index contributed by atoms with van der Waals surface area (Å²) in [5.74, 6) is -3.14. The second kappa shape index (κ2) is 8.47. The van der Waals surface area contributed by atoms with Crippen LogP contribution in [0, 0.1) is 11.7 Å². The van der Waals surface area contributed by atoms with Crippen molar-refractivity contribution < 1.29 is 23.5 Å². The van der Waals surface area contributed by atoms with Crippen molar-refractivity contribution in [2.75, 3.05) is 14.2 Å². The van der Waals surface area contributed by atoms with Crippen LogP contribution in [0.15, 0.2) is 67.3 Å². The fourth-order valence-electron chi connectivity index (χ4n) is 3.11. The molecule has 1 unspecified atom stereocenters. The fraction of sp³-hybridized carbons (Fsp3) is 0.190. The fourth-order valence-corrected chi connectivity index (χ4v) is 3.11. The van der Waals surface area contributed by atoms with E-state index in [1.165, 1.54) is 38.5 Å². The summed E-state index contributed by atoms with van der Waals surface area (Å²) in [7, 11) is 2.41. The molecule has 0 N–H and O–H groups in total. The number of ether oxygens (including phenoxy) is 2. The van der Waals surface area contributed by atoms with Crippen molar-refractivity contribution in [3.63, 3.8) is 0 Å². The molecule has 0 spiro atoms. The van der Waals surface area contributed by atoms with E-state index in [-0.39, 0.29) is 0 Å². The lowest BCUT2D eigenvalue weighted by Crippen LogP contribution is -2.35. The number of carbonyl (C=O) groups excluding carboxylic acids is 2. The Morgan fingerprint density at radius 3 is 2.11 bits per heavy atom. The Labute approximate surface area is 161 Å². The molecule has 0 aliphatic heterocycles. The zero-order valence-corrected chi connectivity index (χ0v) is 15.4. The minimum Gasteiger partial charge on any atom is -0.468 e. The van der Waals surface area contributed by atoms with Gasteiger partial charge in [-0.05, 0) is 47.0 Å². The molecule has 2 heterocycles. The van der Waals surface area contributed by atoms with Crippen LogP contribution in [0.5, 0.6) is 0 Å². The lowest BCUT2D eigenvalue weighted by atomic mass is 9.92. The van der Waals surface area contributed by atoms with Gasteiger partial charge >= 0.3 is 11.9 Å². The Bertz CT molecular complexity index is 938. The maximum atomic E-state index is 13.4. The number of nitrogens with zero attached hydrogens (tertiary/aromatic N) is 2. The second-order valence-corrected chi connectivity index (χ2v) is 6.10. The summed E-state index contributed by atoms with van der Waals surface area (Å²) < 4.78 is 24.8. The molecule has 0 bridgehead atoms. The molecule has 0 amide bonds. The highest BCUT2D eigenvalue weighted by Gasteiger charge is 2.39. The van der Waals surface area contributed by atoms with E-state index in [1.807, 2.05) is 24.4 Å². The van der Waals surface area contributed by atoms with Crippen molar-refractivity contribution in [3.05, 3.63) is 78.6 Å². The minimum absolute atomic E-state index is 0.417. The van der Waals surface area contributed by atoms with Gasteiger partial charge in [0.05, 0.1) is 20.3 Å². The van der Waals surface area contributed by atoms with Gasteiger partial charge in [-0.25, -0.2) is 4.39 Å². The Hall–Kier alpha value is -3.48. The summed E-state index contributed by atoms with van der Waals surface area (Å²) in [5.41, 5.74) is 2.38. The molecule has 28 heavy (non-hydrogen) atoms. The van der Waals surface area contributed by atoms with Gasteiger partial charge in [-0.15, -0.1) is 0 Å². The van der Waals surface area contributed by atoms with Gasteiger partial charge in [-0.1, -0.05) is 12.1 Å². The Balaban J connectivity index is 2.11. The van der Waals surface area contributed by atoms with E-state index in [0.717, 1.165) is 11.1 Å². The number of rotatable bonds is 6. The summed E-state index contributed by atoms with van der Waals surface area (Å²) in [6.07, 6.45) is 6.91. The van der Waals surface area contributed by atoms with Gasteiger partial charge in [0.15, 0.2) is 5.92 Å². The predicted molar refractivity (Wildman–Crippen MR) is 99.7 cm³/mol. The molecule has 0 aliphatic rings. The van der Waals surface area contributed by atoms with Crippen molar-refractivity contribution in [1.82, 2.24) is 9.55 Å². The molecule has 0 radical (unpaired) electrons. The molecule has 3 rings (SSSR count). The Morgan fingerprint density at radius 1 is 0.929 bits per heavy atom. The van der Waals surface area contributed by atoms with E-state index in [0.29, 0.717) is 5.56 Å². The van der Waals surface area contributed by atoms with Gasteiger partial charge in [0.1, 0.15) is 5.82 Å². The van der Waals surface area contributed by atoms with Crippen LogP contribution in [0.3, 0.4) is 0 Å². The van der Waals surface area contributed by atoms with Gasteiger partial charge in [0.25, 0.3) is 0 Å². The van der Waals surface area contributed by atoms with Crippen LogP contribution in [0.1, 0.15) is 11.6 Å². The number of hydrogen-bond acceptors (Lipinski definition) is 5. The van der Waals surface area contributed by atoms with Crippen LogP contribution >= 0.6 is 0 Å². The van der Waals surface area contributed by atoms with Crippen molar-refractivity contribution in [2.45, 2.75) is 6.04 Å². The molecule has 0 aliphatic carbocycles. The number of aromatic nitrogens is 2. The average molecular weight is 382 g/mol. The van der Waals surface area contributed by atoms with Crippen molar-refractivity contribution in [3.8, 4) is 11.1 Å². The van der Waals surface area contributed by atoms with E-state index >= 15 is 0 Å². The first-order valence-corrected chi connectivity index (χ1v) is 8.54. The van der Waals surface area contributed by atoms with Gasteiger partial charge in [-0.2, -0.15) is 0 Å². The molecule has 1 atom stereocenters. The molecule has 0 saturated carbocycles. The third kappa shape index (κ3) is 3.93. The van der Waals surface area contributed by atoms with Crippen molar-refractivity contribution in [2.24, 2.45) is 5.92 Å². The smallest absolute Gasteiger partial charge is 0.322 e. The molecule has 6 nitrogen and oxygen atoms in total. The lowest BCUT2D eigenvalue weighted by molar-refractivity contribution is -0.160. The summed E-state index contributed by atoms with van der Waals surface area (Å²) in [5, 5.41) is 0. The van der Waals surface area contributed by atoms with Crippen molar-refractivity contribution in [1.29, 1.82) is 0 Å². The minimum atomic E-state index is -1.25. The molecule has 1 aromatic carbocycles. The number of hydrogen-bond donors (Lipinski definition) is 0. The summed E-state index contributed by atoms with van der Waals surface area (Å²) in [6, 6.07) is 10.4. The highest BCUT2D eigenvalue weighted by atomic mass is 19.1. The monoisotopic (exact) mass is 382 g/mol. The van der Waals surface area contributed by atoms with Crippen LogP contribution in [-0.4, -0.2) is 35.7 Å². The van der Waals surface area contributed by atoms with Gasteiger partial charge < -0.3 is 14.0 Å². The van der Waals surface area contributed by atoms with E-state index in [1.54, 1.807) is 23.2 Å². The predicted octanol–water partition coefficient (Wildman–Crippen LogP) is 3.24. The lowest BCUT2D eigenvalue weighted by Gasteiger charge is -2.25. The molecule has 0 fully saturated rings. The van der Waals surface area contributed by atoms with Gasteiger partial charge in [-0.3, -0.25) is 14.6 Å². The zero-order chi connectivity index (χ0) is 20.1. The van der Waals surface area contributed by atoms with Crippen LogP contribution in [-0.2, 0) is 19.1 Å². The zero-order valence-electron chi connectivity index (χ0n) is 15.4. The van der Waals surface area contributed by atoms with Crippen molar-refractivity contribution >= 4 is 11.9 Å². The maximum absolute atomic E-state index is 13.4. The molecule has 144 valence electrons. The van der Waals surface area contributed by atoms with Crippen LogP contribution in [0.4, 0.5) is 4.39 Å². The van der Waals surface area contributed by atoms with Crippen LogP contribution < -0.4 is 0 Å². The molecular weight excluding hydrogens is 363 g/mol. The number of carbonyl (C=O) groups is 2. The third-order valence-electron chi connectivity index (χ3n) is 4.49. The molecular formula is C21H19FN2O4. The SMILES string of the molecule is COC(=O)C(C(=O)OC)C(c1ccc(F)cc1)n1ccc(-c2ccncc2)c1. The first-order valence-electron chi connectivity index (χ1n) is 8.54. The third-order valence-corrected chi connectivity index (χ3v) is 4.49. The van der Waals surface area contributed by atoms with Gasteiger partial charge in [0, 0.05) is 24.8 Å². The van der Waals surface area contributed by atoms with E-state index in [4.69, 9.17) is 9.47 Å². The number of esters is 2. The summed E-state index contributed by atoms with van der Waals surface area (Å²) in [4.78, 5) is 28.9. The first kappa shape index (κ1) is 19.3. The quantitative estimate of drug-likeness (QED) is 0.484. The number of halogens is 1. The van der Waals surface area contributed by atoms with E-state index < -0.39 is 29.7 Å². The summed E-state index contributed by atoms with van der Waals surface area (Å²) in [6.45, 7) is 0. The van der Waals surface area contributed by atoms with E-state index in [2.05, 4.69) is 4.98 Å². The Kier molecular flexibility index (Phi) is 5.84. The number of pyridine rings is 1. The number of benzene rings is 1. The van der Waals surface area contributed by atoms with E-state index in [9.17, 15) is 14.0 Å². The van der Waals surface area contributed by atoms with Gasteiger partial charge in [0.2, 0.25) is 0 Å². The number of methoxy groups -OCH3 is 2. The van der Waals surface area contributed by atoms with Crippen LogP contribution in [0.2, 0.25) is 0 Å². The Morgan fingerprint density at radius 2 is 1.54 bits per heavy atom. The highest BCUT2D eigenvalue weighted by Crippen LogP contribution is 2.31. The topological polar surface area (TPSA) is 70.4 Å². The molecule has 2 aromatic heterocycles. The standard InChI is InChI=1S/C21H19FN2O4/c1-27-20(25)18(21(26)28-2)19(15-3-5-17(22)6-4-15)24-12-9-16(13-24)14-7-10-23-11-8-14/h3-13,18-19H,1-2H3. The van der Waals surface area contributed by atoms with Crippen LogP contribution in [0.25, 0.3) is 11.1 Å². The largest absolute Gasteiger partial charge is 0.468 e. The second-order valence-electron chi connectivity index (χ2n) is 6.10. The molecule has 0 saturated heterocycles. The molecule has 7 heteroatoms. The first-order chi connectivity index (χ1) is 13.5. The normalized spacial score (nSPS) is 11.9. The maximum Gasteiger partial charge on any atom is 0.322 e.